The minimum Gasteiger partial charge on any atom is -0.385 e. The fourth-order valence-electron chi connectivity index (χ4n) is 5.09. The summed E-state index contributed by atoms with van der Waals surface area (Å²) in [4.78, 5) is 38.8. The van der Waals surface area contributed by atoms with Crippen molar-refractivity contribution in [1.29, 1.82) is 0 Å². The highest BCUT2D eigenvalue weighted by Crippen LogP contribution is 2.45. The number of aryl methyl sites for hydroxylation is 2. The number of aromatic amines is 1. The number of H-pyrrole nitrogens is 1. The molecule has 40 heavy (non-hydrogen) atoms. The van der Waals surface area contributed by atoms with Gasteiger partial charge in [-0.2, -0.15) is 0 Å². The number of aliphatic hydroxyl groups is 1. The third-order valence-corrected chi connectivity index (χ3v) is 7.52. The van der Waals surface area contributed by atoms with E-state index in [0.29, 0.717) is 37.2 Å². The number of aromatic nitrogens is 4. The molecule has 3 heterocycles. The van der Waals surface area contributed by atoms with E-state index in [1.165, 1.54) is 10.1 Å². The fourth-order valence-corrected chi connectivity index (χ4v) is 5.09. The average Bonchev–Trinajstić information content (AvgIpc) is 3.59. The highest BCUT2D eigenvalue weighted by Gasteiger charge is 2.42. The Labute approximate surface area is 231 Å². The molecular formula is C32H31N5O3. The van der Waals surface area contributed by atoms with Crippen LogP contribution in [0.1, 0.15) is 41.8 Å². The van der Waals surface area contributed by atoms with Gasteiger partial charge in [0, 0.05) is 34.6 Å². The molecule has 1 aliphatic rings. The number of nitrogens with one attached hydrogen (secondary N) is 2. The van der Waals surface area contributed by atoms with Gasteiger partial charge in [0.1, 0.15) is 12.2 Å². The van der Waals surface area contributed by atoms with E-state index in [2.05, 4.69) is 32.4 Å². The predicted octanol–water partition coefficient (Wildman–Crippen LogP) is 4.26. The van der Waals surface area contributed by atoms with Crippen LogP contribution in [0.4, 0.5) is 0 Å². The number of fused-ring (bicyclic) bond motifs is 1. The maximum absolute atomic E-state index is 13.7. The van der Waals surface area contributed by atoms with Gasteiger partial charge in [-0.05, 0) is 61.4 Å². The van der Waals surface area contributed by atoms with Crippen molar-refractivity contribution in [3.05, 3.63) is 118 Å². The number of hydrogen-bond acceptors (Lipinski definition) is 5. The molecule has 0 radical (unpaired) electrons. The molecular weight excluding hydrogens is 502 g/mol. The van der Waals surface area contributed by atoms with Gasteiger partial charge < -0.3 is 15.4 Å². The van der Waals surface area contributed by atoms with Crippen LogP contribution in [0.15, 0.2) is 90.1 Å². The highest BCUT2D eigenvalue weighted by molar-refractivity contribution is 5.80. The van der Waals surface area contributed by atoms with E-state index >= 15 is 0 Å². The van der Waals surface area contributed by atoms with Gasteiger partial charge in [-0.15, -0.1) is 0 Å². The minimum atomic E-state index is -0.807. The predicted molar refractivity (Wildman–Crippen MR) is 153 cm³/mol. The van der Waals surface area contributed by atoms with Gasteiger partial charge in [-0.3, -0.25) is 24.1 Å². The third-order valence-electron chi connectivity index (χ3n) is 7.52. The van der Waals surface area contributed by atoms with E-state index in [4.69, 9.17) is 0 Å². The van der Waals surface area contributed by atoms with Crippen LogP contribution in [-0.2, 0) is 36.3 Å². The van der Waals surface area contributed by atoms with E-state index in [0.717, 1.165) is 40.6 Å². The second kappa shape index (κ2) is 10.9. The number of pyridine rings is 1. The summed E-state index contributed by atoms with van der Waals surface area (Å²) in [6, 6.07) is 21.5. The summed E-state index contributed by atoms with van der Waals surface area (Å²) < 4.78 is 1.51. The number of amides is 1. The Bertz CT molecular complexity index is 1690. The molecule has 0 saturated heterocycles. The van der Waals surface area contributed by atoms with Gasteiger partial charge in [0.2, 0.25) is 5.91 Å². The first-order chi connectivity index (χ1) is 19.5. The number of benzene rings is 2. The van der Waals surface area contributed by atoms with Gasteiger partial charge >= 0.3 is 0 Å². The molecule has 5 aromatic rings. The van der Waals surface area contributed by atoms with E-state index in [9.17, 15) is 14.7 Å². The monoisotopic (exact) mass is 533 g/mol. The van der Waals surface area contributed by atoms with E-state index in [1.54, 1.807) is 18.6 Å². The first-order valence-corrected chi connectivity index (χ1v) is 13.6. The molecule has 6 rings (SSSR count). The van der Waals surface area contributed by atoms with Crippen LogP contribution in [0.3, 0.4) is 0 Å². The molecule has 202 valence electrons. The summed E-state index contributed by atoms with van der Waals surface area (Å²) in [5, 5.41) is 14.6. The van der Waals surface area contributed by atoms with Gasteiger partial charge in [-0.1, -0.05) is 48.5 Å². The summed E-state index contributed by atoms with van der Waals surface area (Å²) in [5.41, 5.74) is 4.48. The van der Waals surface area contributed by atoms with Crippen LogP contribution in [-0.4, -0.2) is 30.5 Å². The van der Waals surface area contributed by atoms with Crippen LogP contribution in [0.5, 0.6) is 0 Å². The summed E-state index contributed by atoms with van der Waals surface area (Å²) >= 11 is 0. The zero-order valence-corrected chi connectivity index (χ0v) is 22.1. The van der Waals surface area contributed by atoms with Crippen molar-refractivity contribution in [2.75, 3.05) is 0 Å². The van der Waals surface area contributed by atoms with Crippen molar-refractivity contribution in [2.24, 2.45) is 0 Å². The Kier molecular flexibility index (Phi) is 7.00. The number of carbonyl (C=O) groups is 1. The van der Waals surface area contributed by atoms with E-state index in [-0.39, 0.29) is 18.0 Å². The first kappa shape index (κ1) is 25.7. The molecule has 1 saturated carbocycles. The van der Waals surface area contributed by atoms with Gasteiger partial charge in [0.15, 0.2) is 0 Å². The maximum atomic E-state index is 13.7. The molecule has 8 heteroatoms. The minimum absolute atomic E-state index is 0.140. The Morgan fingerprint density at radius 2 is 1.88 bits per heavy atom. The van der Waals surface area contributed by atoms with Crippen molar-refractivity contribution in [2.45, 2.75) is 50.8 Å². The van der Waals surface area contributed by atoms with E-state index < -0.39 is 5.60 Å². The SMILES string of the molecule is O=C(Cn1c(-c2cccc(C3(O)CC3)c2)cnc(CCCc2ccccc2)c1=O)NCc1cc2cnccc2[nH]1. The number of rotatable bonds is 10. The summed E-state index contributed by atoms with van der Waals surface area (Å²) in [7, 11) is 0. The summed E-state index contributed by atoms with van der Waals surface area (Å²) in [6.07, 6.45) is 8.72. The topological polar surface area (TPSA) is 113 Å². The molecule has 1 aliphatic carbocycles. The lowest BCUT2D eigenvalue weighted by Crippen LogP contribution is -2.34. The molecule has 1 amide bonds. The van der Waals surface area contributed by atoms with Crippen LogP contribution >= 0.6 is 0 Å². The lowest BCUT2D eigenvalue weighted by Gasteiger charge is -2.16. The second-order valence-corrected chi connectivity index (χ2v) is 10.5. The first-order valence-electron chi connectivity index (χ1n) is 13.6. The molecule has 0 unspecified atom stereocenters. The smallest absolute Gasteiger partial charge is 0.273 e. The average molecular weight is 534 g/mol. The van der Waals surface area contributed by atoms with Gasteiger partial charge in [0.25, 0.3) is 5.56 Å². The Morgan fingerprint density at radius 1 is 1.02 bits per heavy atom. The number of hydrogen-bond donors (Lipinski definition) is 3. The fraction of sp³-hybridized carbons (Fsp3) is 0.250. The van der Waals surface area contributed by atoms with Gasteiger partial charge in [-0.25, -0.2) is 0 Å². The molecule has 1 fully saturated rings. The largest absolute Gasteiger partial charge is 0.385 e. The zero-order valence-electron chi connectivity index (χ0n) is 22.1. The second-order valence-electron chi connectivity index (χ2n) is 10.5. The lowest BCUT2D eigenvalue weighted by atomic mass is 10.0. The van der Waals surface area contributed by atoms with Crippen molar-refractivity contribution in [3.63, 3.8) is 0 Å². The maximum Gasteiger partial charge on any atom is 0.273 e. The highest BCUT2D eigenvalue weighted by atomic mass is 16.3. The normalized spacial score (nSPS) is 13.8. The molecule has 0 atom stereocenters. The van der Waals surface area contributed by atoms with E-state index in [1.807, 2.05) is 54.6 Å². The lowest BCUT2D eigenvalue weighted by molar-refractivity contribution is -0.121. The van der Waals surface area contributed by atoms with Crippen LogP contribution < -0.4 is 10.9 Å². The molecule has 2 aromatic carbocycles. The number of carbonyl (C=O) groups excluding carboxylic acids is 1. The van der Waals surface area contributed by atoms with Crippen LogP contribution in [0.2, 0.25) is 0 Å². The standard InChI is InChI=1S/C32H31N5O3/c38-30(35-19-26-17-24-18-33-15-12-27(24)36-26)21-37-29(23-9-5-10-25(16-23)32(40)13-14-32)20-34-28(31(37)39)11-4-8-22-6-2-1-3-7-22/h1-3,5-7,9-10,12,15-18,20,36,40H,4,8,11,13-14,19,21H2,(H,35,38). The Hall–Kier alpha value is -4.56. The Morgan fingerprint density at radius 3 is 2.67 bits per heavy atom. The molecule has 3 aromatic heterocycles. The zero-order chi connectivity index (χ0) is 27.5. The van der Waals surface area contributed by atoms with Crippen LogP contribution in [0.25, 0.3) is 22.2 Å². The quantitative estimate of drug-likeness (QED) is 0.248. The van der Waals surface area contributed by atoms with Crippen LogP contribution in [0, 0.1) is 0 Å². The summed E-state index contributed by atoms with van der Waals surface area (Å²) in [6.45, 7) is 0.160. The molecule has 0 spiro atoms. The summed E-state index contributed by atoms with van der Waals surface area (Å²) in [5.74, 6) is -0.279. The van der Waals surface area contributed by atoms with Crippen molar-refractivity contribution < 1.29 is 9.90 Å². The number of nitrogens with zero attached hydrogens (tertiary/aromatic N) is 3. The molecule has 0 bridgehead atoms. The van der Waals surface area contributed by atoms with Crippen molar-refractivity contribution in [3.8, 4) is 11.3 Å². The Balaban J connectivity index is 1.24. The molecule has 8 nitrogen and oxygen atoms in total. The molecule has 0 aliphatic heterocycles. The van der Waals surface area contributed by atoms with Gasteiger partial charge in [0.05, 0.1) is 24.0 Å². The van der Waals surface area contributed by atoms with Crippen molar-refractivity contribution in [1.82, 2.24) is 24.8 Å². The molecule has 3 N–H and O–H groups in total. The third kappa shape index (κ3) is 5.58. The van der Waals surface area contributed by atoms with Crippen molar-refractivity contribution >= 4 is 16.8 Å².